The van der Waals surface area contributed by atoms with Crippen LogP contribution in [0.5, 0.6) is 5.75 Å². The van der Waals surface area contributed by atoms with E-state index >= 15 is 0 Å². The molecule has 0 heterocycles. The van der Waals surface area contributed by atoms with Crippen LogP contribution < -0.4 is 4.74 Å². The Balaban J connectivity index is 1.58. The Morgan fingerprint density at radius 3 is 2.00 bits per heavy atom. The van der Waals surface area contributed by atoms with Crippen LogP contribution in [0.15, 0.2) is 91.0 Å². The van der Waals surface area contributed by atoms with Crippen LogP contribution in [-0.2, 0) is 4.79 Å². The maximum absolute atomic E-state index is 12.3. The van der Waals surface area contributed by atoms with E-state index in [9.17, 15) is 9.59 Å². The van der Waals surface area contributed by atoms with Gasteiger partial charge in [-0.1, -0.05) is 66.2 Å². The summed E-state index contributed by atoms with van der Waals surface area (Å²) < 4.78 is 5.26. The number of hydrogen-bond donors (Lipinski definition) is 0. The van der Waals surface area contributed by atoms with E-state index < -0.39 is 5.97 Å². The molecule has 0 spiro atoms. The average molecular weight is 368 g/mol. The first-order valence-electron chi connectivity index (χ1n) is 8.94. The molecule has 0 aliphatic heterocycles. The van der Waals surface area contributed by atoms with Gasteiger partial charge in [0.2, 0.25) is 0 Å². The van der Waals surface area contributed by atoms with Crippen molar-refractivity contribution < 1.29 is 14.3 Å². The highest BCUT2D eigenvalue weighted by molar-refractivity contribution is 6.06. The summed E-state index contributed by atoms with van der Waals surface area (Å²) >= 11 is 0. The van der Waals surface area contributed by atoms with Gasteiger partial charge in [0, 0.05) is 11.6 Å². The molecule has 3 aromatic rings. The molecule has 0 aliphatic rings. The van der Waals surface area contributed by atoms with Gasteiger partial charge in [-0.05, 0) is 54.5 Å². The summed E-state index contributed by atoms with van der Waals surface area (Å²) in [6, 6.07) is 23.9. The lowest BCUT2D eigenvalue weighted by atomic mass is 10.1. The molecule has 138 valence electrons. The Bertz CT molecular complexity index is 996. The zero-order valence-electron chi connectivity index (χ0n) is 15.5. The minimum absolute atomic E-state index is 0.109. The largest absolute Gasteiger partial charge is 0.423 e. The van der Waals surface area contributed by atoms with Crippen LogP contribution in [0.4, 0.5) is 0 Å². The van der Waals surface area contributed by atoms with Gasteiger partial charge in [0.05, 0.1) is 0 Å². The second-order valence-corrected chi connectivity index (χ2v) is 6.30. The zero-order valence-corrected chi connectivity index (χ0v) is 15.5. The summed E-state index contributed by atoms with van der Waals surface area (Å²) in [5, 5.41) is 0. The van der Waals surface area contributed by atoms with Crippen LogP contribution in [0.1, 0.15) is 27.0 Å². The summed E-state index contributed by atoms with van der Waals surface area (Å²) in [4.78, 5) is 24.2. The summed E-state index contributed by atoms with van der Waals surface area (Å²) in [5.41, 5.74) is 3.59. The van der Waals surface area contributed by atoms with Crippen LogP contribution in [0.25, 0.3) is 12.2 Å². The number of esters is 1. The van der Waals surface area contributed by atoms with Crippen molar-refractivity contribution in [3.05, 3.63) is 113 Å². The maximum atomic E-state index is 12.3. The lowest BCUT2D eigenvalue weighted by molar-refractivity contribution is -0.128. The third kappa shape index (κ3) is 5.64. The van der Waals surface area contributed by atoms with E-state index in [-0.39, 0.29) is 5.78 Å². The molecule has 0 saturated carbocycles. The summed E-state index contributed by atoms with van der Waals surface area (Å²) in [5.74, 6) is -0.189. The van der Waals surface area contributed by atoms with Crippen LogP contribution in [0, 0.1) is 6.92 Å². The Morgan fingerprint density at radius 1 is 0.714 bits per heavy atom. The number of hydrogen-bond acceptors (Lipinski definition) is 3. The molecule has 3 rings (SSSR count). The highest BCUT2D eigenvalue weighted by Gasteiger charge is 2.04. The van der Waals surface area contributed by atoms with Crippen LogP contribution in [0.3, 0.4) is 0 Å². The molecule has 0 bridgehead atoms. The summed E-state index contributed by atoms with van der Waals surface area (Å²) in [6.45, 7) is 2.02. The molecule has 0 radical (unpaired) electrons. The van der Waals surface area contributed by atoms with Crippen molar-refractivity contribution >= 4 is 23.9 Å². The number of allylic oxidation sites excluding steroid dienone is 1. The molecule has 3 nitrogen and oxygen atoms in total. The van der Waals surface area contributed by atoms with Gasteiger partial charge in [0.1, 0.15) is 5.75 Å². The van der Waals surface area contributed by atoms with Gasteiger partial charge in [0.15, 0.2) is 5.78 Å². The van der Waals surface area contributed by atoms with Crippen molar-refractivity contribution in [2.24, 2.45) is 0 Å². The highest BCUT2D eigenvalue weighted by atomic mass is 16.5. The van der Waals surface area contributed by atoms with E-state index in [1.807, 2.05) is 61.5 Å². The van der Waals surface area contributed by atoms with Crippen LogP contribution in [-0.4, -0.2) is 11.8 Å². The van der Waals surface area contributed by atoms with E-state index in [1.165, 1.54) is 17.7 Å². The van der Waals surface area contributed by atoms with Gasteiger partial charge in [-0.15, -0.1) is 0 Å². The van der Waals surface area contributed by atoms with Crippen molar-refractivity contribution in [3.8, 4) is 5.75 Å². The third-order valence-corrected chi connectivity index (χ3v) is 4.07. The first kappa shape index (κ1) is 19.1. The smallest absolute Gasteiger partial charge is 0.336 e. The highest BCUT2D eigenvalue weighted by Crippen LogP contribution is 2.14. The molecule has 3 heteroatoms. The van der Waals surface area contributed by atoms with Crippen molar-refractivity contribution in [2.45, 2.75) is 6.92 Å². The number of benzene rings is 3. The second-order valence-electron chi connectivity index (χ2n) is 6.30. The topological polar surface area (TPSA) is 43.4 Å². The fraction of sp³-hybridized carbons (Fsp3) is 0.0400. The number of carbonyl (C=O) groups is 2. The van der Waals surface area contributed by atoms with E-state index in [2.05, 4.69) is 0 Å². The van der Waals surface area contributed by atoms with Gasteiger partial charge >= 0.3 is 5.97 Å². The Morgan fingerprint density at radius 2 is 1.32 bits per heavy atom. The van der Waals surface area contributed by atoms with Gasteiger partial charge in [0.25, 0.3) is 0 Å². The Labute approximate surface area is 164 Å². The van der Waals surface area contributed by atoms with Crippen molar-refractivity contribution in [3.63, 3.8) is 0 Å². The first-order chi connectivity index (χ1) is 13.6. The minimum Gasteiger partial charge on any atom is -0.423 e. The monoisotopic (exact) mass is 368 g/mol. The second kappa shape index (κ2) is 9.28. The van der Waals surface area contributed by atoms with Gasteiger partial charge in [-0.3, -0.25) is 4.79 Å². The zero-order chi connectivity index (χ0) is 19.8. The maximum Gasteiger partial charge on any atom is 0.336 e. The van der Waals surface area contributed by atoms with Gasteiger partial charge < -0.3 is 4.74 Å². The number of carbonyl (C=O) groups excluding carboxylic acids is 2. The van der Waals surface area contributed by atoms with Crippen molar-refractivity contribution in [1.82, 2.24) is 0 Å². The van der Waals surface area contributed by atoms with Crippen LogP contribution >= 0.6 is 0 Å². The molecule has 0 aliphatic carbocycles. The fourth-order valence-corrected chi connectivity index (χ4v) is 2.51. The molecule has 0 N–H and O–H groups in total. The third-order valence-electron chi connectivity index (χ3n) is 4.07. The summed E-state index contributed by atoms with van der Waals surface area (Å²) in [6.07, 6.45) is 6.38. The number of aryl methyl sites for hydroxylation is 1. The standard InChI is InChI=1S/C25H20O3/c1-19-7-9-21(10-8-19)11-17-24(26)22-13-15-23(16-14-22)28-25(27)18-12-20-5-3-2-4-6-20/h2-18H,1H3. The molecule has 0 unspecified atom stereocenters. The molecule has 3 aromatic carbocycles. The Hall–Kier alpha value is -3.72. The molecule has 0 atom stereocenters. The van der Waals surface area contributed by atoms with Crippen molar-refractivity contribution in [2.75, 3.05) is 0 Å². The summed E-state index contributed by atoms with van der Waals surface area (Å²) in [7, 11) is 0. The molecule has 0 aromatic heterocycles. The van der Waals surface area contributed by atoms with E-state index in [0.29, 0.717) is 11.3 Å². The van der Waals surface area contributed by atoms with Crippen LogP contribution in [0.2, 0.25) is 0 Å². The predicted molar refractivity (Wildman–Crippen MR) is 112 cm³/mol. The lowest BCUT2D eigenvalue weighted by Crippen LogP contribution is -2.04. The fourth-order valence-electron chi connectivity index (χ4n) is 2.51. The lowest BCUT2D eigenvalue weighted by Gasteiger charge is -2.02. The molecular formula is C25H20O3. The van der Waals surface area contributed by atoms with Gasteiger partial charge in [-0.2, -0.15) is 0 Å². The number of ether oxygens (including phenoxy) is 1. The molecule has 0 fully saturated rings. The quantitative estimate of drug-likeness (QED) is 0.249. The van der Waals surface area contributed by atoms with E-state index in [1.54, 1.807) is 36.4 Å². The van der Waals surface area contributed by atoms with E-state index in [0.717, 1.165) is 11.1 Å². The van der Waals surface area contributed by atoms with Gasteiger partial charge in [-0.25, -0.2) is 4.79 Å². The molecule has 0 amide bonds. The molecular weight excluding hydrogens is 348 g/mol. The minimum atomic E-state index is -0.470. The SMILES string of the molecule is Cc1ccc(C=CC(=O)c2ccc(OC(=O)C=Cc3ccccc3)cc2)cc1. The molecule has 0 saturated heterocycles. The Kier molecular flexibility index (Phi) is 6.32. The first-order valence-corrected chi connectivity index (χ1v) is 8.94. The molecule has 28 heavy (non-hydrogen) atoms. The number of ketones is 1. The normalized spacial score (nSPS) is 11.0. The van der Waals surface area contributed by atoms with E-state index in [4.69, 9.17) is 4.74 Å². The number of rotatable bonds is 6. The van der Waals surface area contributed by atoms with Crippen molar-refractivity contribution in [1.29, 1.82) is 0 Å². The average Bonchev–Trinajstić information content (AvgIpc) is 2.73. The predicted octanol–water partition coefficient (Wildman–Crippen LogP) is 5.51.